The van der Waals surface area contributed by atoms with Gasteiger partial charge >= 0.3 is 8.25 Å². The standard InChI is InChI=1S/C44H49O10P.C44H50O8.C6H15N/c1-3-38-42(54-55(45)46)43(47-2)44(53-38)52-31-40(50-28-33-17-9-5-10-18-33)41(51-29-34-19-11-6-12-20-34)39(49-27-32-15-7-4-8-16-32)30-48-26-35-23-24-36-21-13-14-22-37(36)25-35;1-3-38-41(45)43(46-2)44(52-38)51-31-40(49-28-33-17-9-5-10-18-33)42(50-29-34-19-11-6-12-20-34)39(48-27-32-15-7-4-8-16-32)30-47-26-35-23-24-36-21-13-14-22-37(36)25-35;1-4-7(5-2)6-3/h4-25,38-44H,3,26-31H2,1-2H3;4-25,38-45H,3,26-31H2,1-2H3;4-6H2,1-3H3/p+1/t2*38-,39?,40?,41?,42?,43+,44-;/m11./s1. The van der Waals surface area contributed by atoms with Crippen molar-refractivity contribution in [2.75, 3.05) is 60.3 Å². The van der Waals surface area contributed by atoms with Crippen molar-refractivity contribution in [1.29, 1.82) is 0 Å². The Morgan fingerprint density at radius 1 is 0.360 bits per heavy atom. The van der Waals surface area contributed by atoms with Gasteiger partial charge in [-0.2, -0.15) is 0 Å². The predicted octanol–water partition coefficient (Wildman–Crippen LogP) is 15.3. The first-order chi connectivity index (χ1) is 56.0. The van der Waals surface area contributed by atoms with Crippen LogP contribution in [-0.4, -0.2) is 151 Å². The molecule has 2 fully saturated rings. The van der Waals surface area contributed by atoms with Crippen LogP contribution in [0.4, 0.5) is 0 Å². The Morgan fingerprint density at radius 3 is 0.982 bits per heavy atom. The lowest BCUT2D eigenvalue weighted by molar-refractivity contribution is -0.894. The molecule has 2 N–H and O–H groups in total. The second-order valence-corrected chi connectivity index (χ2v) is 29.0. The molecule has 2 saturated heterocycles. The molecule has 0 amide bonds. The van der Waals surface area contributed by atoms with E-state index in [-0.39, 0.29) is 39.6 Å². The van der Waals surface area contributed by atoms with E-state index in [2.05, 4.69) is 81.4 Å². The fourth-order valence-electron chi connectivity index (χ4n) is 13.9. The van der Waals surface area contributed by atoms with E-state index in [9.17, 15) is 14.6 Å². The second kappa shape index (κ2) is 49.2. The maximum atomic E-state index is 11.6. The maximum absolute atomic E-state index is 11.6. The lowest BCUT2D eigenvalue weighted by Crippen LogP contribution is -3.11. The minimum absolute atomic E-state index is 0.000641. The third kappa shape index (κ3) is 28.2. The van der Waals surface area contributed by atoms with E-state index < -0.39 is 94.1 Å². The number of benzene rings is 10. The molecule has 12 rings (SSSR count). The number of fused-ring (bicyclic) bond motifs is 2. The summed E-state index contributed by atoms with van der Waals surface area (Å²) in [6.07, 6.45) is -8.45. The molecule has 20 heteroatoms. The number of hydrogen-bond acceptors (Lipinski definition) is 18. The van der Waals surface area contributed by atoms with Gasteiger partial charge in [-0.1, -0.05) is 269 Å². The molecule has 10 aromatic carbocycles. The lowest BCUT2D eigenvalue weighted by atomic mass is 10.1. The third-order valence-electron chi connectivity index (χ3n) is 20.5. The van der Waals surface area contributed by atoms with E-state index in [1.165, 1.54) is 32.1 Å². The number of quaternary nitrogens is 1. The monoisotopic (exact) mass is 1580 g/mol. The maximum Gasteiger partial charge on any atom is 0.488 e. The van der Waals surface area contributed by atoms with Gasteiger partial charge in [0, 0.05) is 14.2 Å². The summed E-state index contributed by atoms with van der Waals surface area (Å²) in [5.41, 5.74) is 8.10. The largest absolute Gasteiger partial charge is 0.566 e. The van der Waals surface area contributed by atoms with Crippen molar-refractivity contribution in [2.24, 2.45) is 0 Å². The Morgan fingerprint density at radius 2 is 0.667 bits per heavy atom. The quantitative estimate of drug-likeness (QED) is 0.0341. The highest BCUT2D eigenvalue weighted by atomic mass is 31.1. The lowest BCUT2D eigenvalue weighted by Gasteiger charge is -2.34. The molecule has 0 bridgehead atoms. The van der Waals surface area contributed by atoms with Crippen LogP contribution in [0.25, 0.3) is 21.5 Å². The molecule has 114 heavy (non-hydrogen) atoms. The third-order valence-corrected chi connectivity index (χ3v) is 20.9. The molecule has 2 aliphatic heterocycles. The van der Waals surface area contributed by atoms with Crippen molar-refractivity contribution in [1.82, 2.24) is 0 Å². The summed E-state index contributed by atoms with van der Waals surface area (Å²) < 4.78 is 107. The highest BCUT2D eigenvalue weighted by Gasteiger charge is 2.50. The molecule has 15 atom stereocenters. The first-order valence-corrected chi connectivity index (χ1v) is 41.0. The predicted molar refractivity (Wildman–Crippen MR) is 440 cm³/mol. The minimum atomic E-state index is -3.14. The second-order valence-electron chi connectivity index (χ2n) is 28.3. The molecule has 0 saturated carbocycles. The molecule has 0 spiro atoms. The number of aliphatic hydroxyl groups excluding tert-OH is 1. The van der Waals surface area contributed by atoms with Crippen LogP contribution in [0.1, 0.15) is 92.0 Å². The van der Waals surface area contributed by atoms with Crippen LogP contribution in [0.3, 0.4) is 0 Å². The fraction of sp³-hybridized carbons (Fsp3) is 0.404. The van der Waals surface area contributed by atoms with Crippen molar-refractivity contribution in [2.45, 2.75) is 186 Å². The zero-order valence-electron chi connectivity index (χ0n) is 66.8. The summed E-state index contributed by atoms with van der Waals surface area (Å²) in [6.45, 7) is 17.5. The highest BCUT2D eigenvalue weighted by molar-refractivity contribution is 7.30. The van der Waals surface area contributed by atoms with Gasteiger partial charge in [0.15, 0.2) is 18.7 Å². The van der Waals surface area contributed by atoms with Gasteiger partial charge in [-0.15, -0.1) is 4.52 Å². The van der Waals surface area contributed by atoms with Gasteiger partial charge in [0.05, 0.1) is 111 Å². The normalized spacial score (nSPS) is 19.8. The van der Waals surface area contributed by atoms with Gasteiger partial charge in [-0.3, -0.25) is 0 Å². The molecule has 608 valence electrons. The Bertz CT molecular complexity index is 4250. The SMILES string of the molecule is CC[C@H]1O[C@@H](OCC(OCc2ccccc2)C(OCc2ccccc2)C(COCc2ccc3ccccc3c2)OCc2ccccc2)[C@@H](OC)C1O.CC[C@H]1O[C@@H](OCC(OCc2ccccc2)C(OCc2ccccc2)C(COCc2ccc3ccccc3c2)OCc2ccccc2)[C@@H](OC)C1O[P+](=O)[O-].CC[NH+](CC)CC. The summed E-state index contributed by atoms with van der Waals surface area (Å²) in [4.78, 5) is 13.3. The Hall–Kier alpha value is -7.90. The van der Waals surface area contributed by atoms with Gasteiger partial charge < -0.3 is 81.2 Å². The van der Waals surface area contributed by atoms with Gasteiger partial charge in [-0.05, 0) is 116 Å². The number of rotatable bonds is 45. The van der Waals surface area contributed by atoms with Crippen LogP contribution in [0.15, 0.2) is 267 Å². The zero-order valence-corrected chi connectivity index (χ0v) is 67.7. The van der Waals surface area contributed by atoms with E-state index in [4.69, 9.17) is 70.8 Å². The molecule has 19 nitrogen and oxygen atoms in total. The molecule has 0 aromatic heterocycles. The van der Waals surface area contributed by atoms with Crippen LogP contribution >= 0.6 is 8.25 Å². The number of aliphatic hydroxyl groups is 1. The molecule has 2 aliphatic rings. The van der Waals surface area contributed by atoms with Crippen molar-refractivity contribution >= 4 is 29.8 Å². The first-order valence-electron chi connectivity index (χ1n) is 39.9. The average molecular weight is 1580 g/mol. The molecule has 0 aliphatic carbocycles. The number of nitrogens with one attached hydrogen (secondary N) is 1. The van der Waals surface area contributed by atoms with E-state index >= 15 is 0 Å². The van der Waals surface area contributed by atoms with Crippen molar-refractivity contribution in [3.05, 3.63) is 311 Å². The van der Waals surface area contributed by atoms with Crippen LogP contribution in [0.2, 0.25) is 0 Å². The molecule has 10 aromatic rings. The summed E-state index contributed by atoms with van der Waals surface area (Å²) in [7, 11) is -0.106. The zero-order chi connectivity index (χ0) is 79.9. The van der Waals surface area contributed by atoms with Crippen LogP contribution in [0, 0.1) is 0 Å². The fourth-order valence-corrected chi connectivity index (χ4v) is 14.4. The smallest absolute Gasteiger partial charge is 0.488 e. The minimum Gasteiger partial charge on any atom is -0.566 e. The summed E-state index contributed by atoms with van der Waals surface area (Å²) >= 11 is 0. The van der Waals surface area contributed by atoms with E-state index in [1.807, 2.05) is 220 Å². The summed E-state index contributed by atoms with van der Waals surface area (Å²) in [5, 5.41) is 15.5. The van der Waals surface area contributed by atoms with Gasteiger partial charge in [-0.25, -0.2) is 0 Å². The van der Waals surface area contributed by atoms with E-state index in [0.29, 0.717) is 52.5 Å². The van der Waals surface area contributed by atoms with E-state index in [1.54, 1.807) is 12.0 Å². The average Bonchev–Trinajstić information content (AvgIpc) is 1.66. The van der Waals surface area contributed by atoms with E-state index in [0.717, 1.165) is 60.7 Å². The van der Waals surface area contributed by atoms with Crippen molar-refractivity contribution in [3.63, 3.8) is 0 Å². The Labute approximate surface area is 674 Å². The van der Waals surface area contributed by atoms with Crippen LogP contribution in [0.5, 0.6) is 0 Å². The number of hydrogen-bond donors (Lipinski definition) is 2. The topological polar surface area (TPSA) is 203 Å². The van der Waals surface area contributed by atoms with Crippen LogP contribution < -0.4 is 9.79 Å². The Balaban J connectivity index is 0.000000223. The molecule has 2 heterocycles. The summed E-state index contributed by atoms with van der Waals surface area (Å²) in [5.74, 6) is 0. The molecular weight excluding hydrogens is 1460 g/mol. The number of ether oxygens (including phenoxy) is 14. The number of methoxy groups -OCH3 is 2. The highest BCUT2D eigenvalue weighted by Crippen LogP contribution is 2.35. The molecular formula is C94H115NO18P+. The van der Waals surface area contributed by atoms with Gasteiger partial charge in [0.25, 0.3) is 0 Å². The van der Waals surface area contributed by atoms with Crippen molar-refractivity contribution < 1.29 is 90.3 Å². The van der Waals surface area contributed by atoms with Gasteiger partial charge in [0.1, 0.15) is 54.9 Å². The summed E-state index contributed by atoms with van der Waals surface area (Å²) in [6, 6.07) is 89.0. The Kier molecular flexibility index (Phi) is 38.2. The molecule has 9 unspecified atom stereocenters. The first kappa shape index (κ1) is 88.5. The van der Waals surface area contributed by atoms with Crippen molar-refractivity contribution in [3.8, 4) is 0 Å². The van der Waals surface area contributed by atoms with Gasteiger partial charge in [0.2, 0.25) is 0 Å². The molecule has 0 radical (unpaired) electrons. The van der Waals surface area contributed by atoms with Crippen LogP contribution in [-0.2, 0) is 128 Å².